The quantitative estimate of drug-likeness (QED) is 0.198. The molecule has 2 rings (SSSR count). The fraction of sp³-hybridized carbons (Fsp3) is 0.111. The van der Waals surface area contributed by atoms with Gasteiger partial charge in [-0.2, -0.15) is 0 Å². The van der Waals surface area contributed by atoms with E-state index in [0.29, 0.717) is 17.1 Å². The van der Waals surface area contributed by atoms with Gasteiger partial charge in [0.05, 0.1) is 19.1 Å². The molecule has 0 fully saturated rings. The Morgan fingerprint density at radius 1 is 1.15 bits per heavy atom. The van der Waals surface area contributed by atoms with Gasteiger partial charge in [-0.1, -0.05) is 23.4 Å². The number of carbonyl (C=O) groups is 1. The lowest BCUT2D eigenvalue weighted by Gasteiger charge is -2.07. The van der Waals surface area contributed by atoms with Crippen molar-refractivity contribution in [2.24, 2.45) is 10.9 Å². The van der Waals surface area contributed by atoms with Gasteiger partial charge in [-0.15, -0.1) is 0 Å². The number of amidine groups is 1. The van der Waals surface area contributed by atoms with Crippen LogP contribution >= 0.6 is 0 Å². The Bertz CT molecular complexity index is 908. The van der Waals surface area contributed by atoms with Gasteiger partial charge in [0.25, 0.3) is 5.69 Å². The Morgan fingerprint density at radius 3 is 2.56 bits per heavy atom. The van der Waals surface area contributed by atoms with Crippen molar-refractivity contribution in [3.8, 4) is 11.5 Å². The molecule has 0 saturated heterocycles. The molecule has 9 nitrogen and oxygen atoms in total. The van der Waals surface area contributed by atoms with Crippen LogP contribution in [0.4, 0.5) is 5.69 Å². The van der Waals surface area contributed by atoms with Gasteiger partial charge < -0.3 is 20.0 Å². The predicted octanol–water partition coefficient (Wildman–Crippen LogP) is 2.49. The third-order valence-corrected chi connectivity index (χ3v) is 3.41. The van der Waals surface area contributed by atoms with Crippen LogP contribution in [0.25, 0.3) is 6.08 Å². The lowest BCUT2D eigenvalue weighted by Crippen LogP contribution is -2.15. The van der Waals surface area contributed by atoms with Crippen LogP contribution in [0.15, 0.2) is 53.7 Å². The summed E-state index contributed by atoms with van der Waals surface area (Å²) in [5.41, 5.74) is 6.48. The first kappa shape index (κ1) is 19.4. The zero-order valence-corrected chi connectivity index (χ0v) is 14.6. The van der Waals surface area contributed by atoms with Crippen LogP contribution in [0.1, 0.15) is 11.1 Å². The molecule has 27 heavy (non-hydrogen) atoms. The molecule has 0 aliphatic carbocycles. The van der Waals surface area contributed by atoms with Crippen molar-refractivity contribution in [1.29, 1.82) is 0 Å². The van der Waals surface area contributed by atoms with Crippen molar-refractivity contribution in [1.82, 2.24) is 0 Å². The number of ether oxygens (including phenoxy) is 2. The summed E-state index contributed by atoms with van der Waals surface area (Å²) in [6.07, 6.45) is 2.66. The molecule has 0 aromatic heterocycles. The predicted molar refractivity (Wildman–Crippen MR) is 98.5 cm³/mol. The summed E-state index contributed by atoms with van der Waals surface area (Å²) in [6, 6.07) is 10.6. The first-order valence-corrected chi connectivity index (χ1v) is 7.64. The molecular formula is C18H17N3O6. The molecule has 140 valence electrons. The van der Waals surface area contributed by atoms with Crippen LogP contribution in [0.2, 0.25) is 0 Å². The lowest BCUT2D eigenvalue weighted by atomic mass is 10.2. The van der Waals surface area contributed by atoms with Gasteiger partial charge in [0.1, 0.15) is 0 Å². The molecule has 9 heteroatoms. The standard InChI is InChI=1S/C18H17N3O6/c1-25-15-8-6-12(10-16(15)26-2)7-9-17(22)27-20-18(19)13-4-3-5-14(11-13)21(23)24/h3-11H,1-2H3,(H2,19,20). The summed E-state index contributed by atoms with van der Waals surface area (Å²) in [5.74, 6) is 0.150. The van der Waals surface area contributed by atoms with E-state index in [1.165, 1.54) is 44.6 Å². The Kier molecular flexibility index (Phi) is 6.48. The molecule has 2 aromatic rings. The number of oxime groups is 1. The van der Waals surface area contributed by atoms with Crippen molar-refractivity contribution in [2.75, 3.05) is 14.2 Å². The van der Waals surface area contributed by atoms with E-state index in [2.05, 4.69) is 5.16 Å². The summed E-state index contributed by atoms with van der Waals surface area (Å²) < 4.78 is 10.3. The highest BCUT2D eigenvalue weighted by atomic mass is 16.7. The van der Waals surface area contributed by atoms with E-state index < -0.39 is 10.9 Å². The number of methoxy groups -OCH3 is 2. The highest BCUT2D eigenvalue weighted by Gasteiger charge is 2.09. The number of hydrogen-bond donors (Lipinski definition) is 1. The van der Waals surface area contributed by atoms with Crippen LogP contribution in [-0.2, 0) is 9.63 Å². The highest BCUT2D eigenvalue weighted by Crippen LogP contribution is 2.27. The fourth-order valence-corrected chi connectivity index (χ4v) is 2.08. The van der Waals surface area contributed by atoms with Gasteiger partial charge in [0.2, 0.25) is 0 Å². The first-order valence-electron chi connectivity index (χ1n) is 7.64. The van der Waals surface area contributed by atoms with E-state index in [9.17, 15) is 14.9 Å². The number of nitrogens with zero attached hydrogens (tertiary/aromatic N) is 2. The van der Waals surface area contributed by atoms with E-state index in [4.69, 9.17) is 20.0 Å². The van der Waals surface area contributed by atoms with Gasteiger partial charge in [-0.05, 0) is 23.8 Å². The van der Waals surface area contributed by atoms with Crippen molar-refractivity contribution >= 4 is 23.6 Å². The number of rotatable bonds is 7. The van der Waals surface area contributed by atoms with Gasteiger partial charge in [-0.25, -0.2) is 4.79 Å². The molecule has 0 atom stereocenters. The zero-order valence-electron chi connectivity index (χ0n) is 14.6. The molecular weight excluding hydrogens is 354 g/mol. The maximum atomic E-state index is 11.8. The summed E-state index contributed by atoms with van der Waals surface area (Å²) in [5, 5.41) is 14.3. The number of benzene rings is 2. The number of non-ortho nitro benzene ring substituents is 1. The van der Waals surface area contributed by atoms with E-state index in [-0.39, 0.29) is 17.1 Å². The maximum absolute atomic E-state index is 11.8. The second-order valence-electron chi connectivity index (χ2n) is 5.14. The number of nitro groups is 1. The normalized spacial score (nSPS) is 11.3. The van der Waals surface area contributed by atoms with Crippen LogP contribution in [0, 0.1) is 10.1 Å². The number of hydrogen-bond acceptors (Lipinski definition) is 7. The SMILES string of the molecule is COc1ccc(C=CC(=O)O/N=C(\N)c2cccc([N+](=O)[O-])c2)cc1OC. The lowest BCUT2D eigenvalue weighted by molar-refractivity contribution is -0.384. The Labute approximate surface area is 154 Å². The van der Waals surface area contributed by atoms with Crippen molar-refractivity contribution < 1.29 is 24.0 Å². The molecule has 0 amide bonds. The third-order valence-electron chi connectivity index (χ3n) is 3.41. The van der Waals surface area contributed by atoms with Crippen LogP contribution < -0.4 is 15.2 Å². The van der Waals surface area contributed by atoms with E-state index >= 15 is 0 Å². The molecule has 0 spiro atoms. The van der Waals surface area contributed by atoms with Crippen LogP contribution in [0.3, 0.4) is 0 Å². The Morgan fingerprint density at radius 2 is 1.89 bits per heavy atom. The summed E-state index contributed by atoms with van der Waals surface area (Å²) >= 11 is 0. The van der Waals surface area contributed by atoms with E-state index in [1.807, 2.05) is 0 Å². The van der Waals surface area contributed by atoms with Crippen LogP contribution in [0.5, 0.6) is 11.5 Å². The number of carbonyl (C=O) groups excluding carboxylic acids is 1. The van der Waals surface area contributed by atoms with Crippen LogP contribution in [-0.4, -0.2) is 30.9 Å². The molecule has 0 heterocycles. The number of nitrogens with two attached hydrogens (primary N) is 1. The minimum absolute atomic E-state index is 0.148. The Balaban J connectivity index is 2.05. The minimum Gasteiger partial charge on any atom is -0.493 e. The number of nitro benzene ring substituents is 1. The summed E-state index contributed by atoms with van der Waals surface area (Å²) in [7, 11) is 3.03. The molecule has 0 aliphatic rings. The Hall–Kier alpha value is -3.88. The van der Waals surface area contributed by atoms with Crippen molar-refractivity contribution in [3.05, 3.63) is 69.8 Å². The summed E-state index contributed by atoms with van der Waals surface area (Å²) in [4.78, 5) is 26.7. The minimum atomic E-state index is -0.766. The topological polar surface area (TPSA) is 126 Å². The fourth-order valence-electron chi connectivity index (χ4n) is 2.08. The molecule has 0 unspecified atom stereocenters. The molecule has 0 radical (unpaired) electrons. The van der Waals surface area contributed by atoms with Gasteiger partial charge >= 0.3 is 5.97 Å². The van der Waals surface area contributed by atoms with E-state index in [1.54, 1.807) is 18.2 Å². The third kappa shape index (κ3) is 5.30. The molecule has 2 N–H and O–H groups in total. The highest BCUT2D eigenvalue weighted by molar-refractivity contribution is 5.98. The molecule has 2 aromatic carbocycles. The molecule has 0 bridgehead atoms. The molecule has 0 saturated carbocycles. The second-order valence-corrected chi connectivity index (χ2v) is 5.14. The zero-order chi connectivity index (χ0) is 19.8. The van der Waals surface area contributed by atoms with E-state index in [0.717, 1.165) is 6.08 Å². The second kappa shape index (κ2) is 8.99. The maximum Gasteiger partial charge on any atom is 0.358 e. The van der Waals surface area contributed by atoms with Crippen molar-refractivity contribution in [2.45, 2.75) is 0 Å². The first-order chi connectivity index (χ1) is 12.9. The van der Waals surface area contributed by atoms with Gasteiger partial charge in [0, 0.05) is 23.8 Å². The monoisotopic (exact) mass is 371 g/mol. The van der Waals surface area contributed by atoms with Gasteiger partial charge in [0.15, 0.2) is 17.3 Å². The summed E-state index contributed by atoms with van der Waals surface area (Å²) in [6.45, 7) is 0. The molecule has 0 aliphatic heterocycles. The van der Waals surface area contributed by atoms with Gasteiger partial charge in [-0.3, -0.25) is 10.1 Å². The average Bonchev–Trinajstić information content (AvgIpc) is 2.70. The smallest absolute Gasteiger partial charge is 0.358 e. The largest absolute Gasteiger partial charge is 0.493 e. The van der Waals surface area contributed by atoms with Crippen molar-refractivity contribution in [3.63, 3.8) is 0 Å². The average molecular weight is 371 g/mol.